The Bertz CT molecular complexity index is 341. The Labute approximate surface area is 104 Å². The van der Waals surface area contributed by atoms with Crippen molar-refractivity contribution in [3.8, 4) is 0 Å². The first kappa shape index (κ1) is 14.9. The summed E-state index contributed by atoms with van der Waals surface area (Å²) in [5.41, 5.74) is 5.18. The summed E-state index contributed by atoms with van der Waals surface area (Å²) >= 11 is 0. The second-order valence-electron chi connectivity index (χ2n) is 5.13. The van der Waals surface area contributed by atoms with E-state index in [2.05, 4.69) is 4.72 Å². The van der Waals surface area contributed by atoms with Gasteiger partial charge in [-0.05, 0) is 26.3 Å². The van der Waals surface area contributed by atoms with Gasteiger partial charge in [-0.15, -0.1) is 0 Å². The van der Waals surface area contributed by atoms with E-state index in [1.165, 1.54) is 0 Å². The molecule has 0 amide bonds. The Morgan fingerprint density at radius 1 is 1.47 bits per heavy atom. The fourth-order valence-corrected chi connectivity index (χ4v) is 3.62. The third kappa shape index (κ3) is 3.64. The maximum atomic E-state index is 11.7. The molecule has 17 heavy (non-hydrogen) atoms. The van der Waals surface area contributed by atoms with Crippen LogP contribution >= 0.6 is 0 Å². The van der Waals surface area contributed by atoms with Gasteiger partial charge in [0.15, 0.2) is 0 Å². The van der Waals surface area contributed by atoms with Crippen molar-refractivity contribution in [1.82, 2.24) is 4.72 Å². The van der Waals surface area contributed by atoms with Crippen LogP contribution in [0.1, 0.15) is 33.6 Å². The number of rotatable bonds is 7. The molecule has 0 bridgehead atoms. The molecule has 0 heterocycles. The fourth-order valence-electron chi connectivity index (χ4n) is 2.12. The van der Waals surface area contributed by atoms with Crippen LogP contribution in [0, 0.1) is 5.41 Å². The molecule has 1 saturated carbocycles. The summed E-state index contributed by atoms with van der Waals surface area (Å²) < 4.78 is 31.8. The van der Waals surface area contributed by atoms with Crippen LogP contribution in [0.15, 0.2) is 0 Å². The smallest absolute Gasteiger partial charge is 0.211 e. The van der Waals surface area contributed by atoms with Gasteiger partial charge in [-0.3, -0.25) is 0 Å². The van der Waals surface area contributed by atoms with Gasteiger partial charge < -0.3 is 10.5 Å². The van der Waals surface area contributed by atoms with Crippen LogP contribution in [0.25, 0.3) is 0 Å². The first-order valence-electron chi connectivity index (χ1n) is 6.15. The topological polar surface area (TPSA) is 81.4 Å². The SMILES string of the molecule is CCOC1CC(NS(=O)(=O)CCCN)C1(C)C. The van der Waals surface area contributed by atoms with E-state index in [1.54, 1.807) is 0 Å². The van der Waals surface area contributed by atoms with E-state index in [4.69, 9.17) is 10.5 Å². The first-order chi connectivity index (χ1) is 7.83. The summed E-state index contributed by atoms with van der Waals surface area (Å²) in [4.78, 5) is 0. The highest BCUT2D eigenvalue weighted by atomic mass is 32.2. The molecule has 0 spiro atoms. The average molecular weight is 264 g/mol. The summed E-state index contributed by atoms with van der Waals surface area (Å²) in [6, 6.07) is -0.0261. The molecule has 0 aromatic heterocycles. The molecule has 0 radical (unpaired) electrons. The second kappa shape index (κ2) is 5.65. The maximum absolute atomic E-state index is 11.7. The van der Waals surface area contributed by atoms with Gasteiger partial charge in [0, 0.05) is 18.1 Å². The predicted octanol–water partition coefficient (Wildman–Crippen LogP) is 0.458. The molecule has 0 aliphatic heterocycles. The standard InChI is InChI=1S/C11H24N2O3S/c1-4-16-10-8-9(11(10,2)3)13-17(14,15)7-5-6-12/h9-10,13H,4-8,12H2,1-3H3. The molecule has 0 saturated heterocycles. The minimum Gasteiger partial charge on any atom is -0.378 e. The number of hydrogen-bond acceptors (Lipinski definition) is 4. The van der Waals surface area contributed by atoms with E-state index in [-0.39, 0.29) is 23.3 Å². The summed E-state index contributed by atoms with van der Waals surface area (Å²) in [6.45, 7) is 7.09. The van der Waals surface area contributed by atoms with Crippen molar-refractivity contribution in [3.63, 3.8) is 0 Å². The monoisotopic (exact) mass is 264 g/mol. The van der Waals surface area contributed by atoms with Gasteiger partial charge >= 0.3 is 0 Å². The van der Waals surface area contributed by atoms with Crippen molar-refractivity contribution in [1.29, 1.82) is 0 Å². The zero-order valence-corrected chi connectivity index (χ0v) is 11.7. The summed E-state index contributed by atoms with van der Waals surface area (Å²) in [7, 11) is -3.20. The van der Waals surface area contributed by atoms with Crippen molar-refractivity contribution in [2.75, 3.05) is 18.9 Å². The molecular formula is C11H24N2O3S. The van der Waals surface area contributed by atoms with E-state index in [0.717, 1.165) is 6.42 Å². The van der Waals surface area contributed by atoms with Crippen molar-refractivity contribution in [2.24, 2.45) is 11.1 Å². The first-order valence-corrected chi connectivity index (χ1v) is 7.80. The Kier molecular flexibility index (Phi) is 4.95. The van der Waals surface area contributed by atoms with Crippen molar-refractivity contribution in [3.05, 3.63) is 0 Å². The Balaban J connectivity index is 2.50. The molecule has 102 valence electrons. The van der Waals surface area contributed by atoms with Crippen molar-refractivity contribution >= 4 is 10.0 Å². The van der Waals surface area contributed by atoms with Crippen LogP contribution in [0.5, 0.6) is 0 Å². The van der Waals surface area contributed by atoms with Gasteiger partial charge in [0.1, 0.15) is 0 Å². The summed E-state index contributed by atoms with van der Waals surface area (Å²) in [6.07, 6.45) is 1.40. The van der Waals surface area contributed by atoms with Gasteiger partial charge in [-0.1, -0.05) is 13.8 Å². The van der Waals surface area contributed by atoms with E-state index in [1.807, 2.05) is 20.8 Å². The summed E-state index contributed by atoms with van der Waals surface area (Å²) in [5.74, 6) is 0.107. The second-order valence-corrected chi connectivity index (χ2v) is 7.01. The molecule has 1 fully saturated rings. The van der Waals surface area contributed by atoms with Gasteiger partial charge in [0.25, 0.3) is 0 Å². The van der Waals surface area contributed by atoms with E-state index in [0.29, 0.717) is 19.6 Å². The van der Waals surface area contributed by atoms with Crippen LogP contribution in [0.3, 0.4) is 0 Å². The Morgan fingerprint density at radius 2 is 2.12 bits per heavy atom. The molecule has 0 aromatic rings. The normalized spacial score (nSPS) is 27.8. The lowest BCUT2D eigenvalue weighted by Gasteiger charge is -2.51. The van der Waals surface area contributed by atoms with Crippen molar-refractivity contribution in [2.45, 2.75) is 45.8 Å². The van der Waals surface area contributed by atoms with E-state index < -0.39 is 10.0 Å². The summed E-state index contributed by atoms with van der Waals surface area (Å²) in [5, 5.41) is 0. The van der Waals surface area contributed by atoms with E-state index in [9.17, 15) is 8.42 Å². The number of sulfonamides is 1. The zero-order chi connectivity index (χ0) is 13.1. The lowest BCUT2D eigenvalue weighted by atomic mass is 9.65. The molecule has 2 unspecified atom stereocenters. The maximum Gasteiger partial charge on any atom is 0.211 e. The predicted molar refractivity (Wildman–Crippen MR) is 68.2 cm³/mol. The van der Waals surface area contributed by atoms with Crippen LogP contribution in [0.2, 0.25) is 0 Å². The molecule has 3 N–H and O–H groups in total. The number of ether oxygens (including phenoxy) is 1. The quantitative estimate of drug-likeness (QED) is 0.700. The molecule has 1 rings (SSSR count). The molecule has 2 atom stereocenters. The van der Waals surface area contributed by atoms with E-state index >= 15 is 0 Å². The third-order valence-corrected chi connectivity index (χ3v) is 4.95. The van der Waals surface area contributed by atoms with Gasteiger partial charge in [-0.25, -0.2) is 13.1 Å². The highest BCUT2D eigenvalue weighted by Crippen LogP contribution is 2.43. The van der Waals surface area contributed by atoms with Gasteiger partial charge in [0.2, 0.25) is 10.0 Å². The number of nitrogens with two attached hydrogens (primary N) is 1. The van der Waals surface area contributed by atoms with Crippen LogP contribution in [0.4, 0.5) is 0 Å². The number of hydrogen-bond donors (Lipinski definition) is 2. The van der Waals surface area contributed by atoms with Gasteiger partial charge in [0.05, 0.1) is 11.9 Å². The Morgan fingerprint density at radius 3 is 2.59 bits per heavy atom. The largest absolute Gasteiger partial charge is 0.378 e. The fraction of sp³-hybridized carbons (Fsp3) is 1.00. The van der Waals surface area contributed by atoms with Gasteiger partial charge in [-0.2, -0.15) is 0 Å². The van der Waals surface area contributed by atoms with Crippen LogP contribution in [-0.2, 0) is 14.8 Å². The number of nitrogens with one attached hydrogen (secondary N) is 1. The van der Waals surface area contributed by atoms with Crippen molar-refractivity contribution < 1.29 is 13.2 Å². The highest BCUT2D eigenvalue weighted by Gasteiger charge is 2.50. The molecule has 0 aromatic carbocycles. The Hall–Kier alpha value is -0.170. The minimum absolute atomic E-state index is 0.0261. The zero-order valence-electron chi connectivity index (χ0n) is 10.9. The third-order valence-electron chi connectivity index (χ3n) is 3.48. The lowest BCUT2D eigenvalue weighted by Crippen LogP contribution is -2.62. The van der Waals surface area contributed by atoms with Crippen LogP contribution in [-0.4, -0.2) is 39.5 Å². The minimum atomic E-state index is -3.20. The van der Waals surface area contributed by atoms with Crippen LogP contribution < -0.4 is 10.5 Å². The molecule has 5 nitrogen and oxygen atoms in total. The molecule has 1 aliphatic carbocycles. The average Bonchev–Trinajstić information content (AvgIpc) is 2.25. The molecule has 6 heteroatoms. The lowest BCUT2D eigenvalue weighted by molar-refractivity contribution is -0.108. The molecule has 1 aliphatic rings. The molecular weight excluding hydrogens is 240 g/mol. The highest BCUT2D eigenvalue weighted by molar-refractivity contribution is 7.89.